The predicted molar refractivity (Wildman–Crippen MR) is 66.8 cm³/mol. The number of hydrogen-bond donors (Lipinski definition) is 2. The zero-order valence-corrected chi connectivity index (χ0v) is 10.7. The molecular formula is C12H18N2O4. The predicted octanol–water partition coefficient (Wildman–Crippen LogP) is 0.588. The number of hydrogen-bond acceptors (Lipinski definition) is 5. The van der Waals surface area contributed by atoms with Crippen LogP contribution >= 0.6 is 0 Å². The molecule has 1 aromatic carbocycles. The molecule has 4 N–H and O–H groups in total. The summed E-state index contributed by atoms with van der Waals surface area (Å²) in [7, 11) is 4.53. The Bertz CT molecular complexity index is 434. The van der Waals surface area contributed by atoms with Gasteiger partial charge in [0, 0.05) is 18.0 Å². The third kappa shape index (κ3) is 2.84. The van der Waals surface area contributed by atoms with Crippen molar-refractivity contribution in [3.8, 4) is 17.2 Å². The number of carbonyl (C=O) groups excluding carboxylic acids is 1. The van der Waals surface area contributed by atoms with E-state index in [1.165, 1.54) is 21.3 Å². The van der Waals surface area contributed by atoms with Gasteiger partial charge in [-0.3, -0.25) is 4.79 Å². The second-order valence-electron chi connectivity index (χ2n) is 3.70. The summed E-state index contributed by atoms with van der Waals surface area (Å²) in [5.41, 5.74) is 11.7. The second-order valence-corrected chi connectivity index (χ2v) is 3.70. The number of methoxy groups -OCH3 is 3. The van der Waals surface area contributed by atoms with Gasteiger partial charge >= 0.3 is 0 Å². The zero-order valence-electron chi connectivity index (χ0n) is 10.7. The van der Waals surface area contributed by atoms with Gasteiger partial charge in [0.1, 0.15) is 0 Å². The van der Waals surface area contributed by atoms with Crippen molar-refractivity contribution in [3.63, 3.8) is 0 Å². The fourth-order valence-corrected chi connectivity index (χ4v) is 1.74. The Kier molecular flexibility index (Phi) is 4.79. The third-order valence-corrected chi connectivity index (χ3v) is 2.56. The Morgan fingerprint density at radius 2 is 1.78 bits per heavy atom. The van der Waals surface area contributed by atoms with Crippen LogP contribution < -0.4 is 25.7 Å². The second kappa shape index (κ2) is 6.11. The van der Waals surface area contributed by atoms with E-state index in [9.17, 15) is 4.79 Å². The molecule has 1 amide bonds. The van der Waals surface area contributed by atoms with Crippen LogP contribution in [0.2, 0.25) is 0 Å². The van der Waals surface area contributed by atoms with Gasteiger partial charge in [-0.2, -0.15) is 0 Å². The van der Waals surface area contributed by atoms with Crippen LogP contribution in [-0.4, -0.2) is 27.2 Å². The van der Waals surface area contributed by atoms with E-state index >= 15 is 0 Å². The molecule has 0 radical (unpaired) electrons. The molecule has 0 aromatic heterocycles. The maximum atomic E-state index is 10.9. The Hall–Kier alpha value is -1.95. The Labute approximate surface area is 106 Å². The lowest BCUT2D eigenvalue weighted by molar-refractivity contribution is -0.118. The van der Waals surface area contributed by atoms with Crippen LogP contribution in [0.15, 0.2) is 12.1 Å². The highest BCUT2D eigenvalue weighted by atomic mass is 16.5. The molecule has 18 heavy (non-hydrogen) atoms. The first kappa shape index (κ1) is 14.1. The minimum atomic E-state index is -0.544. The van der Waals surface area contributed by atoms with E-state index < -0.39 is 11.9 Å². The minimum Gasteiger partial charge on any atom is -0.493 e. The summed E-state index contributed by atoms with van der Waals surface area (Å²) in [4.78, 5) is 10.9. The molecule has 1 atom stereocenters. The minimum absolute atomic E-state index is 0.0336. The summed E-state index contributed by atoms with van der Waals surface area (Å²) in [5, 5.41) is 0. The number of rotatable bonds is 6. The van der Waals surface area contributed by atoms with Gasteiger partial charge in [-0.05, 0) is 12.1 Å². The van der Waals surface area contributed by atoms with Crippen LogP contribution in [0.4, 0.5) is 0 Å². The summed E-state index contributed by atoms with van der Waals surface area (Å²) in [6.07, 6.45) is 0.0336. The standard InChI is InChI=1S/C12H18N2O4/c1-16-9-5-4-7(8(13)6-10(14)15)11(17-2)12(9)18-3/h4-5,8H,6,13H2,1-3H3,(H2,14,15). The lowest BCUT2D eigenvalue weighted by Crippen LogP contribution is -2.21. The van der Waals surface area contributed by atoms with Crippen molar-refractivity contribution >= 4 is 5.91 Å². The molecule has 0 saturated heterocycles. The molecule has 0 aliphatic heterocycles. The van der Waals surface area contributed by atoms with Crippen LogP contribution in [-0.2, 0) is 4.79 Å². The molecule has 6 nitrogen and oxygen atoms in total. The van der Waals surface area contributed by atoms with Gasteiger partial charge in [-0.25, -0.2) is 0 Å². The molecule has 0 aliphatic carbocycles. The molecule has 1 aromatic rings. The third-order valence-electron chi connectivity index (χ3n) is 2.56. The SMILES string of the molecule is COc1ccc(C(N)CC(N)=O)c(OC)c1OC. The molecule has 6 heteroatoms. The molecular weight excluding hydrogens is 236 g/mol. The molecule has 0 saturated carbocycles. The van der Waals surface area contributed by atoms with Crippen molar-refractivity contribution in [3.05, 3.63) is 17.7 Å². The van der Waals surface area contributed by atoms with Gasteiger partial charge in [0.25, 0.3) is 0 Å². The van der Waals surface area contributed by atoms with E-state index in [0.29, 0.717) is 22.8 Å². The number of amides is 1. The molecule has 0 heterocycles. The fourth-order valence-electron chi connectivity index (χ4n) is 1.74. The quantitative estimate of drug-likeness (QED) is 0.774. The number of benzene rings is 1. The van der Waals surface area contributed by atoms with Crippen LogP contribution in [0.1, 0.15) is 18.0 Å². The maximum absolute atomic E-state index is 10.9. The summed E-state index contributed by atoms with van der Waals surface area (Å²) in [6, 6.07) is 2.89. The van der Waals surface area contributed by atoms with Gasteiger partial charge in [-0.1, -0.05) is 0 Å². The first-order valence-corrected chi connectivity index (χ1v) is 5.37. The first-order chi connectivity index (χ1) is 8.54. The molecule has 0 aliphatic rings. The zero-order chi connectivity index (χ0) is 13.7. The van der Waals surface area contributed by atoms with Crippen molar-refractivity contribution in [1.82, 2.24) is 0 Å². The van der Waals surface area contributed by atoms with Gasteiger partial charge < -0.3 is 25.7 Å². The lowest BCUT2D eigenvalue weighted by Gasteiger charge is -2.18. The highest BCUT2D eigenvalue weighted by Crippen LogP contribution is 2.41. The van der Waals surface area contributed by atoms with Crippen molar-refractivity contribution in [2.75, 3.05) is 21.3 Å². The summed E-state index contributed by atoms with van der Waals surface area (Å²) in [6.45, 7) is 0. The average Bonchev–Trinajstić information content (AvgIpc) is 2.35. The van der Waals surface area contributed by atoms with Gasteiger partial charge in [0.05, 0.1) is 21.3 Å². The van der Waals surface area contributed by atoms with Crippen molar-refractivity contribution in [1.29, 1.82) is 0 Å². The Morgan fingerprint density at radius 3 is 2.22 bits per heavy atom. The number of ether oxygens (including phenoxy) is 3. The topological polar surface area (TPSA) is 96.8 Å². The Balaban J connectivity index is 3.23. The average molecular weight is 254 g/mol. The van der Waals surface area contributed by atoms with E-state index in [1.54, 1.807) is 12.1 Å². The summed E-state index contributed by atoms with van der Waals surface area (Å²) in [5.74, 6) is 0.951. The van der Waals surface area contributed by atoms with Crippen molar-refractivity contribution in [2.24, 2.45) is 11.5 Å². The molecule has 1 unspecified atom stereocenters. The van der Waals surface area contributed by atoms with Crippen LogP contribution in [0.3, 0.4) is 0 Å². The smallest absolute Gasteiger partial charge is 0.219 e. The fraction of sp³-hybridized carbons (Fsp3) is 0.417. The van der Waals surface area contributed by atoms with Gasteiger partial charge in [-0.15, -0.1) is 0 Å². The van der Waals surface area contributed by atoms with Gasteiger partial charge in [0.2, 0.25) is 11.7 Å². The molecule has 0 bridgehead atoms. The van der Waals surface area contributed by atoms with E-state index in [0.717, 1.165) is 0 Å². The highest BCUT2D eigenvalue weighted by Gasteiger charge is 2.20. The van der Waals surface area contributed by atoms with Gasteiger partial charge in [0.15, 0.2) is 11.5 Å². The summed E-state index contributed by atoms with van der Waals surface area (Å²) >= 11 is 0. The lowest BCUT2D eigenvalue weighted by atomic mass is 10.0. The normalized spacial score (nSPS) is 11.8. The van der Waals surface area contributed by atoms with E-state index in [1.807, 2.05) is 0 Å². The maximum Gasteiger partial charge on any atom is 0.219 e. The van der Waals surface area contributed by atoms with Crippen LogP contribution in [0.25, 0.3) is 0 Å². The summed E-state index contributed by atoms with van der Waals surface area (Å²) < 4.78 is 15.7. The molecule has 100 valence electrons. The number of carbonyl (C=O) groups is 1. The van der Waals surface area contributed by atoms with E-state index in [4.69, 9.17) is 25.7 Å². The van der Waals surface area contributed by atoms with E-state index in [2.05, 4.69) is 0 Å². The van der Waals surface area contributed by atoms with Crippen LogP contribution in [0.5, 0.6) is 17.2 Å². The molecule has 0 spiro atoms. The number of nitrogens with two attached hydrogens (primary N) is 2. The molecule has 1 rings (SSSR count). The van der Waals surface area contributed by atoms with E-state index in [-0.39, 0.29) is 6.42 Å². The van der Waals surface area contributed by atoms with Crippen molar-refractivity contribution < 1.29 is 19.0 Å². The monoisotopic (exact) mass is 254 g/mol. The van der Waals surface area contributed by atoms with Crippen molar-refractivity contribution in [2.45, 2.75) is 12.5 Å². The molecule has 0 fully saturated rings. The first-order valence-electron chi connectivity index (χ1n) is 5.37. The number of primary amides is 1. The van der Waals surface area contributed by atoms with Crippen LogP contribution in [0, 0.1) is 0 Å². The Morgan fingerprint density at radius 1 is 1.17 bits per heavy atom. The highest BCUT2D eigenvalue weighted by molar-refractivity contribution is 5.75. The largest absolute Gasteiger partial charge is 0.493 e.